The highest BCUT2D eigenvalue weighted by Gasteiger charge is 2.16. The van der Waals surface area contributed by atoms with E-state index in [2.05, 4.69) is 49.5 Å². The number of imidazole rings is 1. The fourth-order valence-corrected chi connectivity index (χ4v) is 3.99. The molecule has 0 aliphatic carbocycles. The van der Waals surface area contributed by atoms with Gasteiger partial charge in [0.15, 0.2) is 11.0 Å². The highest BCUT2D eigenvalue weighted by Crippen LogP contribution is 2.27. The number of aryl methyl sites for hydroxylation is 1. The van der Waals surface area contributed by atoms with Gasteiger partial charge in [-0.15, -0.1) is 10.2 Å². The molecule has 5 rings (SSSR count). The maximum absolute atomic E-state index is 5.55. The summed E-state index contributed by atoms with van der Waals surface area (Å²) in [5, 5.41) is 9.66. The molecule has 0 spiro atoms. The highest BCUT2D eigenvalue weighted by molar-refractivity contribution is 7.98. The van der Waals surface area contributed by atoms with Crippen molar-refractivity contribution in [3.05, 3.63) is 84.5 Å². The number of aromatic nitrogens is 6. The summed E-state index contributed by atoms with van der Waals surface area (Å²) in [4.78, 5) is 8.90. The molecule has 0 saturated carbocycles. The summed E-state index contributed by atoms with van der Waals surface area (Å²) in [5.74, 6) is 2.31. The molecular weight excluding hydrogens is 384 g/mol. The van der Waals surface area contributed by atoms with Crippen molar-refractivity contribution in [2.24, 2.45) is 0 Å². The second-order valence-corrected chi connectivity index (χ2v) is 7.65. The number of thioether (sulfide) groups is 1. The van der Waals surface area contributed by atoms with Crippen molar-refractivity contribution in [3.63, 3.8) is 0 Å². The van der Waals surface area contributed by atoms with Crippen molar-refractivity contribution < 1.29 is 4.42 Å². The third-order valence-corrected chi connectivity index (χ3v) is 5.53. The van der Waals surface area contributed by atoms with Gasteiger partial charge in [0, 0.05) is 36.1 Å². The Bertz CT molecular complexity index is 1240. The molecule has 0 fully saturated rings. The number of hydrogen-bond donors (Lipinski definition) is 0. The maximum atomic E-state index is 5.55. The Morgan fingerprint density at radius 3 is 2.86 bits per heavy atom. The Morgan fingerprint density at radius 1 is 1.07 bits per heavy atom. The van der Waals surface area contributed by atoms with Crippen LogP contribution in [0.15, 0.2) is 77.0 Å². The summed E-state index contributed by atoms with van der Waals surface area (Å²) in [6, 6.07) is 11.8. The van der Waals surface area contributed by atoms with Crippen LogP contribution < -0.4 is 0 Å². The number of fused-ring (bicyclic) bond motifs is 1. The van der Waals surface area contributed by atoms with Gasteiger partial charge in [-0.1, -0.05) is 17.8 Å². The SMILES string of the molecule is Cc1ccc2nc(CSc3nnc(-c4cccnc4)n3Cc3ccco3)cn2c1. The fourth-order valence-electron chi connectivity index (χ4n) is 3.17. The Labute approximate surface area is 171 Å². The van der Waals surface area contributed by atoms with Crippen molar-refractivity contribution in [2.75, 3.05) is 0 Å². The molecule has 0 N–H and O–H groups in total. The molecule has 5 aromatic rings. The molecule has 144 valence electrons. The normalized spacial score (nSPS) is 11.3. The van der Waals surface area contributed by atoms with Crippen molar-refractivity contribution in [3.8, 4) is 11.4 Å². The second kappa shape index (κ2) is 7.56. The van der Waals surface area contributed by atoms with Gasteiger partial charge in [0.05, 0.1) is 18.5 Å². The quantitative estimate of drug-likeness (QED) is 0.396. The zero-order chi connectivity index (χ0) is 19.6. The van der Waals surface area contributed by atoms with Crippen LogP contribution >= 0.6 is 11.8 Å². The minimum atomic E-state index is 0.553. The van der Waals surface area contributed by atoms with Crippen LogP contribution in [0.1, 0.15) is 17.0 Å². The Kier molecular flexibility index (Phi) is 4.61. The first-order valence-electron chi connectivity index (χ1n) is 9.19. The van der Waals surface area contributed by atoms with Gasteiger partial charge >= 0.3 is 0 Å². The van der Waals surface area contributed by atoms with Crippen LogP contribution in [0.4, 0.5) is 0 Å². The highest BCUT2D eigenvalue weighted by atomic mass is 32.2. The molecule has 0 radical (unpaired) electrons. The van der Waals surface area contributed by atoms with E-state index in [-0.39, 0.29) is 0 Å². The molecule has 0 unspecified atom stereocenters. The minimum absolute atomic E-state index is 0.553. The van der Waals surface area contributed by atoms with E-state index < -0.39 is 0 Å². The largest absolute Gasteiger partial charge is 0.467 e. The lowest BCUT2D eigenvalue weighted by Crippen LogP contribution is -2.03. The Morgan fingerprint density at radius 2 is 2.03 bits per heavy atom. The van der Waals surface area contributed by atoms with Crippen LogP contribution in [0.2, 0.25) is 0 Å². The van der Waals surface area contributed by atoms with Crippen LogP contribution in [-0.2, 0) is 12.3 Å². The average Bonchev–Trinajstić information content (AvgIpc) is 3.47. The summed E-state index contributed by atoms with van der Waals surface area (Å²) in [6.45, 7) is 2.63. The molecule has 0 aliphatic rings. The number of furan rings is 1. The third-order valence-electron chi connectivity index (χ3n) is 4.53. The molecule has 8 heteroatoms. The summed E-state index contributed by atoms with van der Waals surface area (Å²) in [6.07, 6.45) is 9.36. The van der Waals surface area contributed by atoms with Gasteiger partial charge in [-0.3, -0.25) is 9.55 Å². The molecule has 7 nitrogen and oxygen atoms in total. The van der Waals surface area contributed by atoms with Gasteiger partial charge in [0.1, 0.15) is 11.4 Å². The molecule has 5 aromatic heterocycles. The Hall–Kier alpha value is -3.39. The average molecular weight is 402 g/mol. The summed E-state index contributed by atoms with van der Waals surface area (Å²) < 4.78 is 9.66. The van der Waals surface area contributed by atoms with E-state index in [1.54, 1.807) is 30.4 Å². The molecule has 0 aliphatic heterocycles. The first kappa shape index (κ1) is 17.7. The first-order valence-corrected chi connectivity index (χ1v) is 10.2. The Balaban J connectivity index is 1.44. The van der Waals surface area contributed by atoms with E-state index in [9.17, 15) is 0 Å². The van der Waals surface area contributed by atoms with Crippen LogP contribution in [0, 0.1) is 6.92 Å². The monoisotopic (exact) mass is 402 g/mol. The molecule has 5 heterocycles. The van der Waals surface area contributed by atoms with Crippen LogP contribution in [-0.4, -0.2) is 29.1 Å². The van der Waals surface area contributed by atoms with E-state index in [4.69, 9.17) is 9.40 Å². The van der Waals surface area contributed by atoms with Crippen molar-refractivity contribution in [1.29, 1.82) is 0 Å². The number of rotatable bonds is 6. The van der Waals surface area contributed by atoms with Crippen molar-refractivity contribution in [2.45, 2.75) is 24.4 Å². The van der Waals surface area contributed by atoms with E-state index in [0.717, 1.165) is 33.6 Å². The van der Waals surface area contributed by atoms with Crippen molar-refractivity contribution >= 4 is 17.4 Å². The minimum Gasteiger partial charge on any atom is -0.467 e. The molecule has 0 saturated heterocycles. The lowest BCUT2D eigenvalue weighted by molar-refractivity contribution is 0.485. The van der Waals surface area contributed by atoms with Gasteiger partial charge in [-0.2, -0.15) is 0 Å². The zero-order valence-corrected chi connectivity index (χ0v) is 16.6. The summed E-state index contributed by atoms with van der Waals surface area (Å²) in [7, 11) is 0. The van der Waals surface area contributed by atoms with Gasteiger partial charge in [0.2, 0.25) is 0 Å². The predicted molar refractivity (Wildman–Crippen MR) is 111 cm³/mol. The molecule has 0 aromatic carbocycles. The van der Waals surface area contributed by atoms with Crippen LogP contribution in [0.3, 0.4) is 0 Å². The molecular formula is C21H18N6OS. The second-order valence-electron chi connectivity index (χ2n) is 6.71. The summed E-state index contributed by atoms with van der Waals surface area (Å²) in [5.41, 5.74) is 4.06. The van der Waals surface area contributed by atoms with Gasteiger partial charge in [-0.25, -0.2) is 4.98 Å². The van der Waals surface area contributed by atoms with Crippen molar-refractivity contribution in [1.82, 2.24) is 29.1 Å². The van der Waals surface area contributed by atoms with E-state index in [0.29, 0.717) is 12.3 Å². The van der Waals surface area contributed by atoms with E-state index in [1.165, 1.54) is 5.56 Å². The molecule has 29 heavy (non-hydrogen) atoms. The molecule has 0 bridgehead atoms. The van der Waals surface area contributed by atoms with Gasteiger partial charge in [-0.05, 0) is 42.8 Å². The lowest BCUT2D eigenvalue weighted by atomic mass is 10.2. The first-order chi connectivity index (χ1) is 14.3. The maximum Gasteiger partial charge on any atom is 0.192 e. The van der Waals surface area contributed by atoms with Crippen LogP contribution in [0.5, 0.6) is 0 Å². The number of nitrogens with zero attached hydrogens (tertiary/aromatic N) is 6. The van der Waals surface area contributed by atoms with E-state index >= 15 is 0 Å². The third kappa shape index (κ3) is 3.66. The van der Waals surface area contributed by atoms with Gasteiger partial charge < -0.3 is 8.82 Å². The smallest absolute Gasteiger partial charge is 0.192 e. The molecule has 0 atom stereocenters. The lowest BCUT2D eigenvalue weighted by Gasteiger charge is -2.08. The number of hydrogen-bond acceptors (Lipinski definition) is 6. The van der Waals surface area contributed by atoms with Crippen LogP contribution in [0.25, 0.3) is 17.0 Å². The van der Waals surface area contributed by atoms with E-state index in [1.807, 2.05) is 30.3 Å². The predicted octanol–water partition coefficient (Wildman–Crippen LogP) is 4.23. The summed E-state index contributed by atoms with van der Waals surface area (Å²) >= 11 is 1.61. The number of pyridine rings is 2. The zero-order valence-electron chi connectivity index (χ0n) is 15.8. The molecule has 0 amide bonds. The topological polar surface area (TPSA) is 74.0 Å². The van der Waals surface area contributed by atoms with Gasteiger partial charge in [0.25, 0.3) is 0 Å². The fraction of sp³-hybridized carbons (Fsp3) is 0.143. The standard InChI is InChI=1S/C21H18N6OS/c1-15-6-7-19-23-17(12-26(19)11-15)14-29-21-25-24-20(16-4-2-8-22-10-16)27(21)13-18-5-3-9-28-18/h2-12H,13-14H2,1H3.